The van der Waals surface area contributed by atoms with E-state index < -0.39 is 0 Å². The number of likely N-dealkylation sites (tertiary alicyclic amines) is 1. The molecule has 106 valence electrons. The maximum atomic E-state index is 4.52. The average molecular weight is 326 g/mol. The second-order valence-corrected chi connectivity index (χ2v) is 6.47. The van der Waals surface area contributed by atoms with E-state index in [0.29, 0.717) is 5.92 Å². The first-order valence-corrected chi connectivity index (χ1v) is 8.04. The molecule has 1 aromatic heterocycles. The lowest BCUT2D eigenvalue weighted by Gasteiger charge is -2.29. The van der Waals surface area contributed by atoms with Crippen LogP contribution in [0.4, 0.5) is 5.82 Å². The van der Waals surface area contributed by atoms with Gasteiger partial charge in [-0.15, -0.1) is 0 Å². The minimum absolute atomic E-state index is 0.656. The molecule has 1 fully saturated rings. The molecule has 1 aliphatic heterocycles. The molecule has 0 radical (unpaired) electrons. The zero-order valence-electron chi connectivity index (χ0n) is 12.0. The van der Waals surface area contributed by atoms with E-state index >= 15 is 0 Å². The lowest BCUT2D eigenvalue weighted by molar-refractivity contribution is 0.204. The van der Waals surface area contributed by atoms with Crippen molar-refractivity contribution >= 4 is 21.7 Å². The SMILES string of the molecule is Cc1nc(NCC(C)CN2CCCCC2)ccc1Br. The third-order valence-corrected chi connectivity index (χ3v) is 4.51. The Kier molecular flexibility index (Phi) is 5.64. The predicted molar refractivity (Wildman–Crippen MR) is 84.6 cm³/mol. The van der Waals surface area contributed by atoms with Crippen LogP contribution in [0.3, 0.4) is 0 Å². The van der Waals surface area contributed by atoms with Gasteiger partial charge < -0.3 is 10.2 Å². The van der Waals surface area contributed by atoms with Gasteiger partial charge in [0.1, 0.15) is 5.82 Å². The molecule has 4 heteroatoms. The fourth-order valence-corrected chi connectivity index (χ4v) is 2.79. The van der Waals surface area contributed by atoms with Gasteiger partial charge >= 0.3 is 0 Å². The summed E-state index contributed by atoms with van der Waals surface area (Å²) in [7, 11) is 0. The van der Waals surface area contributed by atoms with Gasteiger partial charge in [0.25, 0.3) is 0 Å². The van der Waals surface area contributed by atoms with E-state index in [1.54, 1.807) is 0 Å². The average Bonchev–Trinajstić information content (AvgIpc) is 2.41. The molecule has 2 rings (SSSR count). The van der Waals surface area contributed by atoms with Gasteiger partial charge in [0.05, 0.1) is 5.69 Å². The lowest BCUT2D eigenvalue weighted by atomic mass is 10.1. The van der Waals surface area contributed by atoms with Gasteiger partial charge in [0, 0.05) is 17.6 Å². The van der Waals surface area contributed by atoms with Crippen LogP contribution in [-0.4, -0.2) is 36.1 Å². The second kappa shape index (κ2) is 7.25. The van der Waals surface area contributed by atoms with Gasteiger partial charge in [0.2, 0.25) is 0 Å². The first-order valence-electron chi connectivity index (χ1n) is 7.24. The van der Waals surface area contributed by atoms with Crippen molar-refractivity contribution in [1.29, 1.82) is 0 Å². The minimum Gasteiger partial charge on any atom is -0.370 e. The van der Waals surface area contributed by atoms with E-state index in [-0.39, 0.29) is 0 Å². The third kappa shape index (κ3) is 4.77. The highest BCUT2D eigenvalue weighted by Crippen LogP contribution is 2.17. The predicted octanol–water partition coefficient (Wildman–Crippen LogP) is 3.69. The highest BCUT2D eigenvalue weighted by molar-refractivity contribution is 9.10. The number of hydrogen-bond donors (Lipinski definition) is 1. The Hall–Kier alpha value is -0.610. The molecule has 1 aromatic rings. The van der Waals surface area contributed by atoms with Crippen LogP contribution in [0.5, 0.6) is 0 Å². The molecule has 19 heavy (non-hydrogen) atoms. The Morgan fingerprint density at radius 2 is 2.05 bits per heavy atom. The molecular formula is C15H24BrN3. The highest BCUT2D eigenvalue weighted by atomic mass is 79.9. The molecule has 1 N–H and O–H groups in total. The van der Waals surface area contributed by atoms with Crippen LogP contribution in [0.25, 0.3) is 0 Å². The molecule has 0 saturated carbocycles. The van der Waals surface area contributed by atoms with Crippen LogP contribution in [0, 0.1) is 12.8 Å². The van der Waals surface area contributed by atoms with Crippen LogP contribution in [0.15, 0.2) is 16.6 Å². The van der Waals surface area contributed by atoms with E-state index in [0.717, 1.165) is 22.5 Å². The summed E-state index contributed by atoms with van der Waals surface area (Å²) >= 11 is 3.48. The normalized spacial score (nSPS) is 18.3. The van der Waals surface area contributed by atoms with E-state index in [1.165, 1.54) is 38.9 Å². The van der Waals surface area contributed by atoms with E-state index in [2.05, 4.69) is 44.1 Å². The molecule has 0 aromatic carbocycles. The van der Waals surface area contributed by atoms with Gasteiger partial charge in [-0.1, -0.05) is 13.3 Å². The molecule has 0 amide bonds. The van der Waals surface area contributed by atoms with Crippen molar-refractivity contribution in [2.45, 2.75) is 33.1 Å². The first kappa shape index (κ1) is 14.8. The number of nitrogens with one attached hydrogen (secondary N) is 1. The van der Waals surface area contributed by atoms with Crippen molar-refractivity contribution < 1.29 is 0 Å². The van der Waals surface area contributed by atoms with Gasteiger partial charge in [-0.2, -0.15) is 0 Å². The Bertz CT molecular complexity index is 402. The molecule has 0 spiro atoms. The Labute approximate surface area is 124 Å². The van der Waals surface area contributed by atoms with E-state index in [1.807, 2.05) is 13.0 Å². The first-order chi connectivity index (χ1) is 9.15. The molecule has 1 aliphatic rings. The van der Waals surface area contributed by atoms with Crippen LogP contribution in [-0.2, 0) is 0 Å². The van der Waals surface area contributed by atoms with Gasteiger partial charge in [0.15, 0.2) is 0 Å². The summed E-state index contributed by atoms with van der Waals surface area (Å²) in [4.78, 5) is 7.11. The summed E-state index contributed by atoms with van der Waals surface area (Å²) in [6.07, 6.45) is 4.15. The standard InChI is InChI=1S/C15H24BrN3/c1-12(11-19-8-4-3-5-9-19)10-17-15-7-6-14(16)13(2)18-15/h6-7,12H,3-5,8-11H2,1-2H3,(H,17,18). The van der Waals surface area contributed by atoms with E-state index in [9.17, 15) is 0 Å². The number of halogens is 1. The van der Waals surface area contributed by atoms with E-state index in [4.69, 9.17) is 0 Å². The van der Waals surface area contributed by atoms with Gasteiger partial charge in [-0.25, -0.2) is 4.98 Å². The largest absolute Gasteiger partial charge is 0.370 e. The molecular weight excluding hydrogens is 302 g/mol. The number of aryl methyl sites for hydroxylation is 1. The monoisotopic (exact) mass is 325 g/mol. The molecule has 1 saturated heterocycles. The quantitative estimate of drug-likeness (QED) is 0.894. The Morgan fingerprint density at radius 3 is 2.74 bits per heavy atom. The smallest absolute Gasteiger partial charge is 0.126 e. The lowest BCUT2D eigenvalue weighted by Crippen LogP contribution is -2.35. The Morgan fingerprint density at radius 1 is 1.32 bits per heavy atom. The Balaban J connectivity index is 1.75. The number of anilines is 1. The summed E-state index contributed by atoms with van der Waals surface area (Å²) in [5, 5.41) is 3.44. The summed E-state index contributed by atoms with van der Waals surface area (Å²) < 4.78 is 1.07. The van der Waals surface area contributed by atoms with Crippen molar-refractivity contribution in [3.8, 4) is 0 Å². The summed E-state index contributed by atoms with van der Waals surface area (Å²) in [6.45, 7) is 9.08. The maximum absolute atomic E-state index is 4.52. The summed E-state index contributed by atoms with van der Waals surface area (Å²) in [5.41, 5.74) is 1.04. The number of pyridine rings is 1. The fourth-order valence-electron chi connectivity index (χ4n) is 2.57. The molecule has 0 aliphatic carbocycles. The van der Waals surface area contributed by atoms with Crippen LogP contribution < -0.4 is 5.32 Å². The van der Waals surface area contributed by atoms with Crippen molar-refractivity contribution in [1.82, 2.24) is 9.88 Å². The fraction of sp³-hybridized carbons (Fsp3) is 0.667. The number of aromatic nitrogens is 1. The molecule has 1 atom stereocenters. The topological polar surface area (TPSA) is 28.2 Å². The van der Waals surface area contributed by atoms with Crippen molar-refractivity contribution in [3.05, 3.63) is 22.3 Å². The van der Waals surface area contributed by atoms with Crippen LogP contribution in [0.2, 0.25) is 0 Å². The number of hydrogen-bond acceptors (Lipinski definition) is 3. The zero-order chi connectivity index (χ0) is 13.7. The minimum atomic E-state index is 0.656. The number of piperidine rings is 1. The molecule has 0 bridgehead atoms. The zero-order valence-corrected chi connectivity index (χ0v) is 13.5. The van der Waals surface area contributed by atoms with Crippen molar-refractivity contribution in [2.75, 3.05) is 31.5 Å². The third-order valence-electron chi connectivity index (χ3n) is 3.67. The van der Waals surface area contributed by atoms with Gasteiger partial charge in [-0.05, 0) is 66.8 Å². The van der Waals surface area contributed by atoms with Gasteiger partial charge in [-0.3, -0.25) is 0 Å². The molecule has 1 unspecified atom stereocenters. The second-order valence-electron chi connectivity index (χ2n) is 5.61. The number of nitrogens with zero attached hydrogens (tertiary/aromatic N) is 2. The maximum Gasteiger partial charge on any atom is 0.126 e. The highest BCUT2D eigenvalue weighted by Gasteiger charge is 2.13. The van der Waals surface area contributed by atoms with Crippen LogP contribution in [0.1, 0.15) is 31.9 Å². The van der Waals surface area contributed by atoms with Crippen molar-refractivity contribution in [2.24, 2.45) is 5.92 Å². The number of rotatable bonds is 5. The molecule has 2 heterocycles. The molecule has 3 nitrogen and oxygen atoms in total. The summed E-state index contributed by atoms with van der Waals surface area (Å²) in [5.74, 6) is 1.63. The van der Waals surface area contributed by atoms with Crippen LogP contribution >= 0.6 is 15.9 Å². The van der Waals surface area contributed by atoms with Crippen molar-refractivity contribution in [3.63, 3.8) is 0 Å². The summed E-state index contributed by atoms with van der Waals surface area (Å²) in [6, 6.07) is 4.09.